The van der Waals surface area contributed by atoms with Crippen LogP contribution in [0.5, 0.6) is 0 Å². The van der Waals surface area contributed by atoms with Crippen LogP contribution in [0.3, 0.4) is 0 Å². The summed E-state index contributed by atoms with van der Waals surface area (Å²) in [6, 6.07) is 5.33. The highest BCUT2D eigenvalue weighted by Gasteiger charge is 2.22. The van der Waals surface area contributed by atoms with Crippen LogP contribution in [0.1, 0.15) is 18.4 Å². The normalized spacial score (nSPS) is 20.5. The van der Waals surface area contributed by atoms with Gasteiger partial charge >= 0.3 is 0 Å². The molecule has 0 saturated carbocycles. The third kappa shape index (κ3) is 3.00. The van der Waals surface area contributed by atoms with E-state index in [4.69, 9.17) is 5.11 Å². The van der Waals surface area contributed by atoms with E-state index in [0.29, 0.717) is 11.6 Å². The number of hydrogen-bond acceptors (Lipinski definition) is 3. The fraction of sp³-hybridized carbons (Fsp3) is 0.571. The van der Waals surface area contributed by atoms with Gasteiger partial charge < -0.3 is 14.9 Å². The Hall–Kier alpha value is -1.13. The number of aliphatic hydroxyl groups excluding tert-OH is 1. The average molecular weight is 252 g/mol. The second kappa shape index (κ2) is 5.67. The van der Waals surface area contributed by atoms with Crippen molar-refractivity contribution < 1.29 is 9.50 Å². The minimum atomic E-state index is -0.275. The van der Waals surface area contributed by atoms with Gasteiger partial charge in [-0.2, -0.15) is 0 Å². The van der Waals surface area contributed by atoms with E-state index < -0.39 is 0 Å². The Morgan fingerprint density at radius 2 is 2.17 bits per heavy atom. The molecule has 2 rings (SSSR count). The number of likely N-dealkylation sites (N-methyl/N-ethyl adjacent to an activating group) is 1. The monoisotopic (exact) mass is 252 g/mol. The Kier molecular flexibility index (Phi) is 4.19. The van der Waals surface area contributed by atoms with Gasteiger partial charge in [-0.05, 0) is 50.7 Å². The van der Waals surface area contributed by atoms with Crippen LogP contribution in [0.2, 0.25) is 0 Å². The number of benzene rings is 1. The largest absolute Gasteiger partial charge is 0.392 e. The summed E-state index contributed by atoms with van der Waals surface area (Å²) in [5.74, 6) is -0.275. The molecule has 0 aromatic heterocycles. The molecule has 1 aromatic carbocycles. The number of rotatable bonds is 3. The van der Waals surface area contributed by atoms with Crippen molar-refractivity contribution in [1.82, 2.24) is 4.90 Å². The first kappa shape index (κ1) is 13.3. The third-order valence-corrected chi connectivity index (χ3v) is 3.62. The van der Waals surface area contributed by atoms with Gasteiger partial charge in [-0.3, -0.25) is 0 Å². The summed E-state index contributed by atoms with van der Waals surface area (Å²) in [7, 11) is 4.16. The van der Waals surface area contributed by atoms with Crippen LogP contribution in [0.25, 0.3) is 0 Å². The molecule has 3 nitrogen and oxygen atoms in total. The summed E-state index contributed by atoms with van der Waals surface area (Å²) < 4.78 is 13.5. The molecule has 0 aliphatic carbocycles. The lowest BCUT2D eigenvalue weighted by Gasteiger charge is -2.37. The Morgan fingerprint density at radius 1 is 1.39 bits per heavy atom. The summed E-state index contributed by atoms with van der Waals surface area (Å²) in [6.45, 7) is 1.76. The first-order chi connectivity index (χ1) is 8.60. The summed E-state index contributed by atoms with van der Waals surface area (Å²) in [5.41, 5.74) is 1.52. The highest BCUT2D eigenvalue weighted by molar-refractivity contribution is 5.49. The van der Waals surface area contributed by atoms with Gasteiger partial charge in [0.1, 0.15) is 5.82 Å². The second-order valence-corrected chi connectivity index (χ2v) is 5.18. The van der Waals surface area contributed by atoms with Gasteiger partial charge in [-0.15, -0.1) is 0 Å². The van der Waals surface area contributed by atoms with Crippen molar-refractivity contribution in [1.29, 1.82) is 0 Å². The summed E-state index contributed by atoms with van der Waals surface area (Å²) in [5, 5.41) is 9.13. The predicted molar refractivity (Wildman–Crippen MR) is 71.2 cm³/mol. The van der Waals surface area contributed by atoms with Gasteiger partial charge in [-0.1, -0.05) is 0 Å². The Morgan fingerprint density at radius 3 is 2.83 bits per heavy atom. The highest BCUT2D eigenvalue weighted by atomic mass is 19.1. The van der Waals surface area contributed by atoms with Gasteiger partial charge in [0.15, 0.2) is 0 Å². The molecule has 1 atom stereocenters. The van der Waals surface area contributed by atoms with Crippen LogP contribution >= 0.6 is 0 Å². The molecule has 4 heteroatoms. The van der Waals surface area contributed by atoms with E-state index in [9.17, 15) is 4.39 Å². The predicted octanol–water partition coefficient (Wildman–Crippen LogP) is 1.85. The lowest BCUT2D eigenvalue weighted by atomic mass is 10.0. The van der Waals surface area contributed by atoms with E-state index in [-0.39, 0.29) is 12.4 Å². The molecule has 0 amide bonds. The van der Waals surface area contributed by atoms with Crippen LogP contribution in [-0.2, 0) is 6.61 Å². The van der Waals surface area contributed by atoms with Crippen molar-refractivity contribution in [2.24, 2.45) is 0 Å². The zero-order valence-electron chi connectivity index (χ0n) is 11.1. The van der Waals surface area contributed by atoms with Gasteiger partial charge in [0.05, 0.1) is 6.61 Å². The molecule has 1 heterocycles. The van der Waals surface area contributed by atoms with E-state index in [0.717, 1.165) is 25.2 Å². The topological polar surface area (TPSA) is 26.7 Å². The van der Waals surface area contributed by atoms with E-state index in [1.54, 1.807) is 6.07 Å². The maximum absolute atomic E-state index is 13.5. The molecule has 100 valence electrons. The number of piperidine rings is 1. The van der Waals surface area contributed by atoms with E-state index in [1.165, 1.54) is 12.5 Å². The number of aliphatic hydroxyl groups is 1. The third-order valence-electron chi connectivity index (χ3n) is 3.62. The van der Waals surface area contributed by atoms with Gasteiger partial charge in [0.25, 0.3) is 0 Å². The standard InChI is InChI=1S/C14H21FN2O/c1-16(2)13-4-3-5-17(9-13)14-7-11(10-18)6-12(15)8-14/h6-8,13,18H,3-5,9-10H2,1-2H3. The van der Waals surface area contributed by atoms with E-state index >= 15 is 0 Å². The molecule has 1 aliphatic heterocycles. The molecule has 0 radical (unpaired) electrons. The van der Waals surface area contributed by atoms with Crippen molar-refractivity contribution >= 4 is 5.69 Å². The molecule has 1 aliphatic rings. The highest BCUT2D eigenvalue weighted by Crippen LogP contribution is 2.24. The summed E-state index contributed by atoms with van der Waals surface area (Å²) >= 11 is 0. The summed E-state index contributed by atoms with van der Waals surface area (Å²) in [6.07, 6.45) is 2.31. The zero-order valence-corrected chi connectivity index (χ0v) is 11.1. The molecular formula is C14H21FN2O. The van der Waals surface area contributed by atoms with Crippen molar-refractivity contribution in [2.75, 3.05) is 32.1 Å². The van der Waals surface area contributed by atoms with Gasteiger partial charge in [0, 0.05) is 24.8 Å². The first-order valence-electron chi connectivity index (χ1n) is 6.42. The molecule has 1 N–H and O–H groups in total. The maximum Gasteiger partial charge on any atom is 0.125 e. The van der Waals surface area contributed by atoms with Crippen LogP contribution in [0.4, 0.5) is 10.1 Å². The van der Waals surface area contributed by atoms with Crippen molar-refractivity contribution in [3.63, 3.8) is 0 Å². The molecular weight excluding hydrogens is 231 g/mol. The fourth-order valence-corrected chi connectivity index (χ4v) is 2.52. The fourth-order valence-electron chi connectivity index (χ4n) is 2.52. The van der Waals surface area contributed by atoms with E-state index in [2.05, 4.69) is 23.9 Å². The van der Waals surface area contributed by atoms with Crippen LogP contribution < -0.4 is 4.90 Å². The smallest absolute Gasteiger partial charge is 0.125 e. The van der Waals surface area contributed by atoms with Crippen LogP contribution in [-0.4, -0.2) is 43.2 Å². The average Bonchev–Trinajstić information content (AvgIpc) is 2.38. The second-order valence-electron chi connectivity index (χ2n) is 5.18. The molecule has 1 fully saturated rings. The minimum Gasteiger partial charge on any atom is -0.392 e. The molecule has 1 saturated heterocycles. The van der Waals surface area contributed by atoms with E-state index in [1.807, 2.05) is 6.07 Å². The number of halogens is 1. The van der Waals surface area contributed by atoms with Gasteiger partial charge in [0.2, 0.25) is 0 Å². The Bertz CT molecular complexity index is 409. The van der Waals surface area contributed by atoms with Crippen LogP contribution in [0, 0.1) is 5.82 Å². The maximum atomic E-state index is 13.5. The number of anilines is 1. The molecule has 0 spiro atoms. The number of nitrogens with zero attached hydrogens (tertiary/aromatic N) is 2. The molecule has 18 heavy (non-hydrogen) atoms. The first-order valence-corrected chi connectivity index (χ1v) is 6.42. The zero-order chi connectivity index (χ0) is 13.1. The van der Waals surface area contributed by atoms with Crippen LogP contribution in [0.15, 0.2) is 18.2 Å². The summed E-state index contributed by atoms with van der Waals surface area (Å²) in [4.78, 5) is 4.43. The molecule has 1 unspecified atom stereocenters. The number of hydrogen-bond donors (Lipinski definition) is 1. The lowest BCUT2D eigenvalue weighted by Crippen LogP contribution is -2.45. The Labute approximate surface area is 108 Å². The van der Waals surface area contributed by atoms with Crippen molar-refractivity contribution in [2.45, 2.75) is 25.5 Å². The van der Waals surface area contributed by atoms with Crippen molar-refractivity contribution in [3.8, 4) is 0 Å². The molecule has 0 bridgehead atoms. The van der Waals surface area contributed by atoms with Gasteiger partial charge in [-0.25, -0.2) is 4.39 Å². The SMILES string of the molecule is CN(C)C1CCCN(c2cc(F)cc(CO)c2)C1. The quantitative estimate of drug-likeness (QED) is 0.889. The Balaban J connectivity index is 2.17. The lowest BCUT2D eigenvalue weighted by molar-refractivity contribution is 0.258. The molecule has 1 aromatic rings. The minimum absolute atomic E-state index is 0.115. The van der Waals surface area contributed by atoms with Crippen molar-refractivity contribution in [3.05, 3.63) is 29.6 Å².